The maximum absolute atomic E-state index is 11.6. The molecule has 0 saturated heterocycles. The molecule has 3 aromatic carbocycles. The van der Waals surface area contributed by atoms with E-state index in [1.165, 1.54) is 39.6 Å². The molecule has 2 nitrogen and oxygen atoms in total. The Bertz CT molecular complexity index is 1430. The molecule has 1 aliphatic carbocycles. The van der Waals surface area contributed by atoms with Crippen LogP contribution in [0.2, 0.25) is 0 Å². The number of allylic oxidation sites excluding steroid dienone is 9. The molecule has 0 saturated carbocycles. The summed E-state index contributed by atoms with van der Waals surface area (Å²) < 4.78 is 5.60. The van der Waals surface area contributed by atoms with Gasteiger partial charge in [0.25, 0.3) is 0 Å². The van der Waals surface area contributed by atoms with E-state index in [2.05, 4.69) is 162 Å². The highest BCUT2D eigenvalue weighted by Gasteiger charge is 2.44. The molecule has 0 heterocycles. The summed E-state index contributed by atoms with van der Waals surface area (Å²) in [4.78, 5) is 11.6. The largest absolute Gasteiger partial charge is 0.458 e. The van der Waals surface area contributed by atoms with Gasteiger partial charge in [-0.25, -0.2) is 0 Å². The number of hydrogen-bond acceptors (Lipinski definition) is 2. The van der Waals surface area contributed by atoms with Crippen molar-refractivity contribution in [2.75, 3.05) is 6.16 Å². The van der Waals surface area contributed by atoms with Crippen LogP contribution in [-0.4, -0.2) is 18.2 Å². The number of ether oxygens (including phenoxy) is 1. The first-order valence-corrected chi connectivity index (χ1v) is 17.2. The minimum Gasteiger partial charge on any atom is -0.458 e. The van der Waals surface area contributed by atoms with Crippen LogP contribution in [0.5, 0.6) is 0 Å². The molecule has 0 N–H and O–H groups in total. The third-order valence-corrected chi connectivity index (χ3v) is 12.8. The van der Waals surface area contributed by atoms with Crippen molar-refractivity contribution in [1.29, 1.82) is 0 Å². The fraction of sp³-hybridized carbons (Fsp3) is 0.275. The van der Waals surface area contributed by atoms with Crippen LogP contribution in [0.1, 0.15) is 54.4 Å². The van der Waals surface area contributed by atoms with Crippen LogP contribution in [0, 0.1) is 5.41 Å². The average molecular weight is 590 g/mol. The fourth-order valence-corrected chi connectivity index (χ4v) is 10.2. The van der Waals surface area contributed by atoms with Gasteiger partial charge in [0, 0.05) is 6.92 Å². The molecule has 0 fully saturated rings. The minimum atomic E-state index is -1.89. The van der Waals surface area contributed by atoms with E-state index in [4.69, 9.17) is 4.74 Å². The second-order valence-corrected chi connectivity index (χ2v) is 15.7. The molecule has 3 aromatic rings. The first kappa shape index (κ1) is 32.2. The molecule has 0 aliphatic heterocycles. The van der Waals surface area contributed by atoms with Gasteiger partial charge in [0.05, 0.1) is 6.16 Å². The van der Waals surface area contributed by atoms with Gasteiger partial charge >= 0.3 is 5.97 Å². The Kier molecular flexibility index (Phi) is 10.9. The van der Waals surface area contributed by atoms with Gasteiger partial charge in [0.2, 0.25) is 0 Å². The van der Waals surface area contributed by atoms with E-state index in [1.54, 1.807) is 0 Å². The van der Waals surface area contributed by atoms with E-state index < -0.39 is 7.26 Å². The summed E-state index contributed by atoms with van der Waals surface area (Å²) >= 11 is 0. The Morgan fingerprint density at radius 2 is 1.33 bits per heavy atom. The van der Waals surface area contributed by atoms with Gasteiger partial charge in [-0.3, -0.25) is 4.79 Å². The lowest BCUT2D eigenvalue weighted by molar-refractivity contribution is -0.145. The lowest BCUT2D eigenvalue weighted by Crippen LogP contribution is -2.33. The molecule has 0 bridgehead atoms. The zero-order valence-corrected chi connectivity index (χ0v) is 27.5. The summed E-state index contributed by atoms with van der Waals surface area (Å²) in [6.45, 7) is 12.5. The van der Waals surface area contributed by atoms with Crippen molar-refractivity contribution in [3.8, 4) is 0 Å². The van der Waals surface area contributed by atoms with Gasteiger partial charge in [-0.05, 0) is 92.6 Å². The summed E-state index contributed by atoms with van der Waals surface area (Å²) in [5.41, 5.74) is 4.90. The van der Waals surface area contributed by atoms with Crippen molar-refractivity contribution in [1.82, 2.24) is 0 Å². The Labute approximate surface area is 259 Å². The quantitative estimate of drug-likeness (QED) is 0.134. The number of carbonyl (C=O) groups excluding carboxylic acids is 1. The number of carbonyl (C=O) groups is 1. The van der Waals surface area contributed by atoms with Crippen LogP contribution < -0.4 is 15.9 Å². The third-order valence-electron chi connectivity index (χ3n) is 8.49. The summed E-state index contributed by atoms with van der Waals surface area (Å²) in [5, 5.41) is 4.19. The fourth-order valence-electron chi connectivity index (χ4n) is 6.04. The van der Waals surface area contributed by atoms with Crippen LogP contribution >= 0.6 is 7.26 Å². The Balaban J connectivity index is 1.59. The first-order chi connectivity index (χ1) is 20.6. The van der Waals surface area contributed by atoms with E-state index in [0.29, 0.717) is 0 Å². The maximum atomic E-state index is 11.6. The van der Waals surface area contributed by atoms with Crippen molar-refractivity contribution in [2.45, 2.75) is 60.5 Å². The van der Waals surface area contributed by atoms with Gasteiger partial charge in [-0.2, -0.15) is 0 Å². The SMILES string of the molecule is CC(=O)OC1CCC(C)(C)C(C=CC(C)=CC=CC(C)=CC[P+](c2ccccc2)(c2ccccc2)c2ccccc2)=C1C. The van der Waals surface area contributed by atoms with E-state index in [1.807, 2.05) is 0 Å². The Morgan fingerprint density at radius 1 is 0.814 bits per heavy atom. The second kappa shape index (κ2) is 14.6. The molecular weight excluding hydrogens is 543 g/mol. The minimum absolute atomic E-state index is 0.0541. The lowest BCUT2D eigenvalue weighted by Gasteiger charge is -2.36. The molecule has 1 aliphatic rings. The van der Waals surface area contributed by atoms with Gasteiger partial charge in [-0.15, -0.1) is 0 Å². The van der Waals surface area contributed by atoms with E-state index >= 15 is 0 Å². The van der Waals surface area contributed by atoms with Gasteiger partial charge in [0.1, 0.15) is 29.3 Å². The molecule has 4 rings (SSSR count). The highest BCUT2D eigenvalue weighted by atomic mass is 31.2. The second-order valence-electron chi connectivity index (χ2n) is 12.2. The molecule has 1 atom stereocenters. The molecule has 43 heavy (non-hydrogen) atoms. The summed E-state index contributed by atoms with van der Waals surface area (Å²) in [6, 6.07) is 33.1. The van der Waals surface area contributed by atoms with Crippen LogP contribution in [0.3, 0.4) is 0 Å². The number of hydrogen-bond donors (Lipinski definition) is 0. The van der Waals surface area contributed by atoms with Crippen LogP contribution in [0.25, 0.3) is 0 Å². The smallest absolute Gasteiger partial charge is 0.303 e. The number of rotatable bonds is 10. The summed E-state index contributed by atoms with van der Waals surface area (Å²) in [5.74, 6) is -0.215. The number of esters is 1. The van der Waals surface area contributed by atoms with Gasteiger partial charge in [0.15, 0.2) is 0 Å². The van der Waals surface area contributed by atoms with Crippen LogP contribution in [0.15, 0.2) is 150 Å². The molecular formula is C40H46O2P+. The van der Waals surface area contributed by atoms with E-state index in [0.717, 1.165) is 24.6 Å². The molecule has 222 valence electrons. The highest BCUT2D eigenvalue weighted by molar-refractivity contribution is 7.95. The average Bonchev–Trinajstić information content (AvgIpc) is 3.00. The predicted molar refractivity (Wildman–Crippen MR) is 187 cm³/mol. The van der Waals surface area contributed by atoms with Crippen molar-refractivity contribution in [3.05, 3.63) is 150 Å². The van der Waals surface area contributed by atoms with Crippen molar-refractivity contribution in [2.24, 2.45) is 5.41 Å². The van der Waals surface area contributed by atoms with Gasteiger partial charge < -0.3 is 4.74 Å². The van der Waals surface area contributed by atoms with E-state index in [-0.39, 0.29) is 17.5 Å². The monoisotopic (exact) mass is 589 g/mol. The van der Waals surface area contributed by atoms with Crippen LogP contribution in [0.4, 0.5) is 0 Å². The Hall–Kier alpha value is -3.74. The molecule has 0 amide bonds. The standard InChI is InChI=1S/C40H46O2P/c1-31(25-26-38-33(3)39(42-34(4)41)27-29-40(38,5)6)17-16-18-32(2)28-30-43(35-19-10-7-11-20-35,36-21-12-8-13-22-36)37-23-14-9-15-24-37/h7-26,28,39H,27,29-30H2,1-6H3/q+1. The first-order valence-electron chi connectivity index (χ1n) is 15.3. The third kappa shape index (κ3) is 8.01. The topological polar surface area (TPSA) is 26.3 Å². The number of benzene rings is 3. The molecule has 0 spiro atoms. The van der Waals surface area contributed by atoms with E-state index in [9.17, 15) is 4.79 Å². The molecule has 0 aromatic heterocycles. The lowest BCUT2D eigenvalue weighted by atomic mass is 9.71. The van der Waals surface area contributed by atoms with Crippen molar-refractivity contribution >= 4 is 29.1 Å². The molecule has 0 radical (unpaired) electrons. The van der Waals surface area contributed by atoms with Gasteiger partial charge in [-0.1, -0.05) is 110 Å². The molecule has 1 unspecified atom stereocenters. The highest BCUT2D eigenvalue weighted by Crippen LogP contribution is 2.55. The summed E-state index contributed by atoms with van der Waals surface area (Å²) in [6.07, 6.45) is 16.0. The van der Waals surface area contributed by atoms with Crippen molar-refractivity contribution < 1.29 is 9.53 Å². The molecule has 3 heteroatoms. The van der Waals surface area contributed by atoms with Crippen LogP contribution in [-0.2, 0) is 9.53 Å². The van der Waals surface area contributed by atoms with Crippen molar-refractivity contribution in [3.63, 3.8) is 0 Å². The summed E-state index contributed by atoms with van der Waals surface area (Å²) in [7, 11) is -1.89. The maximum Gasteiger partial charge on any atom is 0.303 e. The zero-order chi connectivity index (χ0) is 30.9. The zero-order valence-electron chi connectivity index (χ0n) is 26.6. The Morgan fingerprint density at radius 3 is 1.81 bits per heavy atom. The predicted octanol–water partition coefficient (Wildman–Crippen LogP) is 9.05. The normalized spacial score (nSPS) is 18.0.